The summed E-state index contributed by atoms with van der Waals surface area (Å²) in [5.74, 6) is 0.0751. The first-order valence-corrected chi connectivity index (χ1v) is 9.78. The lowest BCUT2D eigenvalue weighted by Crippen LogP contribution is -2.43. The Morgan fingerprint density at radius 2 is 2.11 bits per heavy atom. The van der Waals surface area contributed by atoms with E-state index in [-0.39, 0.29) is 25.0 Å². The second-order valence-electron chi connectivity index (χ2n) is 6.69. The Balaban J connectivity index is 1.59. The number of aromatic nitrogens is 1. The molecule has 1 N–H and O–H groups in total. The Morgan fingerprint density at radius 1 is 1.25 bits per heavy atom. The minimum atomic E-state index is -0.256. The summed E-state index contributed by atoms with van der Waals surface area (Å²) in [6, 6.07) is 11.4. The van der Waals surface area contributed by atoms with Gasteiger partial charge in [-0.1, -0.05) is 12.1 Å². The highest BCUT2D eigenvalue weighted by atomic mass is 32.1. The number of carbonyl (C=O) groups is 2. The molecule has 1 aliphatic rings. The molecule has 0 atom stereocenters. The number of hydrogen-bond acceptors (Lipinski definition) is 5. The van der Waals surface area contributed by atoms with Gasteiger partial charge < -0.3 is 10.1 Å². The molecule has 2 amide bonds. The van der Waals surface area contributed by atoms with Crippen LogP contribution in [-0.2, 0) is 9.59 Å². The molecule has 6 nitrogen and oxygen atoms in total. The van der Waals surface area contributed by atoms with Crippen LogP contribution >= 0.6 is 11.3 Å². The van der Waals surface area contributed by atoms with E-state index in [1.165, 1.54) is 16.2 Å². The summed E-state index contributed by atoms with van der Waals surface area (Å²) in [6.07, 6.45) is 0. The molecule has 0 unspecified atom stereocenters. The van der Waals surface area contributed by atoms with Crippen molar-refractivity contribution in [1.82, 2.24) is 4.98 Å². The van der Waals surface area contributed by atoms with Crippen molar-refractivity contribution in [1.29, 1.82) is 0 Å². The second kappa shape index (κ2) is 7.44. The van der Waals surface area contributed by atoms with Crippen molar-refractivity contribution in [3.8, 4) is 17.0 Å². The van der Waals surface area contributed by atoms with Crippen LogP contribution in [0.4, 0.5) is 11.4 Å². The van der Waals surface area contributed by atoms with Crippen LogP contribution in [0, 0.1) is 13.8 Å². The molecule has 0 bridgehead atoms. The summed E-state index contributed by atoms with van der Waals surface area (Å²) >= 11 is 1.50. The average molecular weight is 393 g/mol. The van der Waals surface area contributed by atoms with E-state index in [9.17, 15) is 9.59 Å². The highest BCUT2D eigenvalue weighted by molar-refractivity contribution is 7.07. The molecule has 3 aromatic rings. The van der Waals surface area contributed by atoms with Gasteiger partial charge in [0, 0.05) is 16.6 Å². The standard InChI is InChI=1S/C21H19N3O3S/c1-13-3-4-14(2)16(7-13)23-20(25)9-24-18-8-15(17-11-28-12-22-17)5-6-19(18)27-10-21(24)26/h3-8,11-12H,9-10H2,1-2H3,(H,23,25). The number of nitrogens with one attached hydrogen (secondary N) is 1. The van der Waals surface area contributed by atoms with E-state index in [2.05, 4.69) is 10.3 Å². The van der Waals surface area contributed by atoms with Gasteiger partial charge in [-0.3, -0.25) is 14.5 Å². The molecule has 0 saturated carbocycles. The van der Waals surface area contributed by atoms with Crippen LogP contribution in [0.2, 0.25) is 0 Å². The molecule has 2 heterocycles. The molecule has 4 rings (SSSR count). The van der Waals surface area contributed by atoms with Gasteiger partial charge in [0.25, 0.3) is 5.91 Å². The second-order valence-corrected chi connectivity index (χ2v) is 7.41. The maximum atomic E-state index is 12.7. The highest BCUT2D eigenvalue weighted by Crippen LogP contribution is 2.36. The minimum Gasteiger partial charge on any atom is -0.482 e. The van der Waals surface area contributed by atoms with Crippen molar-refractivity contribution in [2.75, 3.05) is 23.4 Å². The van der Waals surface area contributed by atoms with Crippen molar-refractivity contribution in [2.45, 2.75) is 13.8 Å². The van der Waals surface area contributed by atoms with Gasteiger partial charge in [-0.15, -0.1) is 11.3 Å². The quantitative estimate of drug-likeness (QED) is 0.732. The van der Waals surface area contributed by atoms with Crippen molar-refractivity contribution < 1.29 is 14.3 Å². The molecule has 7 heteroatoms. The summed E-state index contributed by atoms with van der Waals surface area (Å²) in [5.41, 5.74) is 6.81. The smallest absolute Gasteiger partial charge is 0.265 e. The summed E-state index contributed by atoms with van der Waals surface area (Å²) in [5, 5.41) is 4.84. The summed E-state index contributed by atoms with van der Waals surface area (Å²) in [7, 11) is 0. The number of aryl methyl sites for hydroxylation is 2. The molecular weight excluding hydrogens is 374 g/mol. The van der Waals surface area contributed by atoms with Crippen LogP contribution in [0.15, 0.2) is 47.3 Å². The predicted molar refractivity (Wildman–Crippen MR) is 110 cm³/mol. The van der Waals surface area contributed by atoms with Crippen LogP contribution < -0.4 is 15.0 Å². The number of anilines is 2. The van der Waals surface area contributed by atoms with E-state index >= 15 is 0 Å². The fraction of sp³-hybridized carbons (Fsp3) is 0.190. The molecule has 0 aliphatic carbocycles. The third kappa shape index (κ3) is 3.61. The third-order valence-corrected chi connectivity index (χ3v) is 5.19. The Kier molecular flexibility index (Phi) is 4.83. The molecule has 28 heavy (non-hydrogen) atoms. The molecule has 0 spiro atoms. The number of nitrogens with zero attached hydrogens (tertiary/aromatic N) is 2. The van der Waals surface area contributed by atoms with Gasteiger partial charge in [-0.25, -0.2) is 4.98 Å². The van der Waals surface area contributed by atoms with Gasteiger partial charge in [0.15, 0.2) is 6.61 Å². The fourth-order valence-electron chi connectivity index (χ4n) is 3.09. The molecule has 2 aromatic carbocycles. The maximum absolute atomic E-state index is 12.7. The number of rotatable bonds is 4. The molecule has 1 aliphatic heterocycles. The van der Waals surface area contributed by atoms with Gasteiger partial charge in [-0.2, -0.15) is 0 Å². The number of thiazole rings is 1. The molecule has 0 saturated heterocycles. The summed E-state index contributed by atoms with van der Waals surface area (Å²) in [6.45, 7) is 3.74. The van der Waals surface area contributed by atoms with Crippen molar-refractivity contribution >= 4 is 34.5 Å². The fourth-order valence-corrected chi connectivity index (χ4v) is 3.65. The topological polar surface area (TPSA) is 71.5 Å². The predicted octanol–water partition coefficient (Wildman–Crippen LogP) is 3.79. The number of hydrogen-bond donors (Lipinski definition) is 1. The lowest BCUT2D eigenvalue weighted by Gasteiger charge is -2.29. The zero-order valence-electron chi connectivity index (χ0n) is 15.6. The SMILES string of the molecule is Cc1ccc(C)c(NC(=O)CN2C(=O)COc3ccc(-c4cscn4)cc32)c1. The van der Waals surface area contributed by atoms with Gasteiger partial charge in [-0.05, 0) is 49.2 Å². The molecule has 1 aromatic heterocycles. The van der Waals surface area contributed by atoms with E-state index in [0.29, 0.717) is 11.4 Å². The molecular formula is C21H19N3O3S. The number of amides is 2. The molecule has 0 fully saturated rings. The van der Waals surface area contributed by atoms with E-state index in [0.717, 1.165) is 28.1 Å². The van der Waals surface area contributed by atoms with Crippen LogP contribution in [0.1, 0.15) is 11.1 Å². The van der Waals surface area contributed by atoms with E-state index in [4.69, 9.17) is 4.74 Å². The van der Waals surface area contributed by atoms with E-state index in [1.54, 1.807) is 5.51 Å². The number of ether oxygens (including phenoxy) is 1. The lowest BCUT2D eigenvalue weighted by atomic mass is 10.1. The third-order valence-electron chi connectivity index (χ3n) is 4.60. The van der Waals surface area contributed by atoms with E-state index < -0.39 is 0 Å². The average Bonchev–Trinajstić information content (AvgIpc) is 3.21. The first-order chi connectivity index (χ1) is 13.5. The number of carbonyl (C=O) groups excluding carboxylic acids is 2. The molecule has 0 radical (unpaired) electrons. The Labute approximate surface area is 166 Å². The zero-order chi connectivity index (χ0) is 19.7. The Hall–Kier alpha value is -3.19. The number of benzene rings is 2. The first-order valence-electron chi connectivity index (χ1n) is 8.84. The van der Waals surface area contributed by atoms with Crippen LogP contribution in [0.5, 0.6) is 5.75 Å². The van der Waals surface area contributed by atoms with Crippen LogP contribution in [0.3, 0.4) is 0 Å². The van der Waals surface area contributed by atoms with E-state index in [1.807, 2.05) is 55.6 Å². The zero-order valence-corrected chi connectivity index (χ0v) is 16.4. The van der Waals surface area contributed by atoms with Gasteiger partial charge in [0.2, 0.25) is 5.91 Å². The number of fused-ring (bicyclic) bond motifs is 1. The maximum Gasteiger partial charge on any atom is 0.265 e. The minimum absolute atomic E-state index is 0.0803. The Bertz CT molecular complexity index is 1050. The van der Waals surface area contributed by atoms with Crippen LogP contribution in [-0.4, -0.2) is 29.9 Å². The van der Waals surface area contributed by atoms with Crippen molar-refractivity contribution in [3.05, 3.63) is 58.4 Å². The van der Waals surface area contributed by atoms with Gasteiger partial charge >= 0.3 is 0 Å². The lowest BCUT2D eigenvalue weighted by molar-refractivity contribution is -0.123. The van der Waals surface area contributed by atoms with Gasteiger partial charge in [0.05, 0.1) is 16.9 Å². The largest absolute Gasteiger partial charge is 0.482 e. The summed E-state index contributed by atoms with van der Waals surface area (Å²) < 4.78 is 5.53. The van der Waals surface area contributed by atoms with Gasteiger partial charge in [0.1, 0.15) is 12.3 Å². The van der Waals surface area contributed by atoms with Crippen molar-refractivity contribution in [2.24, 2.45) is 0 Å². The molecule has 142 valence electrons. The highest BCUT2D eigenvalue weighted by Gasteiger charge is 2.28. The Morgan fingerprint density at radius 3 is 2.89 bits per heavy atom. The van der Waals surface area contributed by atoms with Crippen LogP contribution in [0.25, 0.3) is 11.3 Å². The first kappa shape index (κ1) is 18.2. The van der Waals surface area contributed by atoms with Crippen molar-refractivity contribution in [3.63, 3.8) is 0 Å². The summed E-state index contributed by atoms with van der Waals surface area (Å²) in [4.78, 5) is 30.9. The normalized spacial score (nSPS) is 13.1. The monoisotopic (exact) mass is 393 g/mol.